The number of hydrogen-bond acceptors (Lipinski definition) is 1. The molecule has 1 aromatic carbocycles. The first-order valence-corrected chi connectivity index (χ1v) is 4.45. The molecule has 1 rings (SSSR count). The van der Waals surface area contributed by atoms with Crippen LogP contribution in [0.15, 0.2) is 18.2 Å². The van der Waals surface area contributed by atoms with Crippen LogP contribution in [-0.4, -0.2) is 0 Å². The van der Waals surface area contributed by atoms with Crippen LogP contribution >= 0.6 is 9.24 Å². The molecule has 0 amide bonds. The summed E-state index contributed by atoms with van der Waals surface area (Å²) in [6, 6.07) is 6.16. The van der Waals surface area contributed by atoms with E-state index in [0.29, 0.717) is 0 Å². The quantitative estimate of drug-likeness (QED) is 0.526. The Hall–Kier alpha value is -0.550. The van der Waals surface area contributed by atoms with Crippen molar-refractivity contribution in [2.24, 2.45) is 0 Å². The minimum Gasteiger partial charge on any atom is -0.399 e. The summed E-state index contributed by atoms with van der Waals surface area (Å²) in [6.45, 7) is 2.17. The van der Waals surface area contributed by atoms with Gasteiger partial charge in [-0.3, -0.25) is 0 Å². The molecule has 1 unspecified atom stereocenters. The van der Waals surface area contributed by atoms with E-state index in [9.17, 15) is 0 Å². The van der Waals surface area contributed by atoms with Gasteiger partial charge >= 0.3 is 0 Å². The molecule has 60 valence electrons. The van der Waals surface area contributed by atoms with Crippen molar-refractivity contribution in [1.82, 2.24) is 0 Å². The van der Waals surface area contributed by atoms with Crippen molar-refractivity contribution in [3.8, 4) is 0 Å². The topological polar surface area (TPSA) is 26.0 Å². The van der Waals surface area contributed by atoms with E-state index in [1.165, 1.54) is 17.3 Å². The third-order valence-corrected chi connectivity index (χ3v) is 1.91. The fraction of sp³-hybridized carbons (Fsp3) is 0.333. The van der Waals surface area contributed by atoms with Gasteiger partial charge in [0.15, 0.2) is 0 Å². The Labute approximate surface area is 70.2 Å². The molecular weight excluding hydrogens is 153 g/mol. The Morgan fingerprint density at radius 3 is 2.64 bits per heavy atom. The van der Waals surface area contributed by atoms with E-state index >= 15 is 0 Å². The van der Waals surface area contributed by atoms with E-state index in [2.05, 4.69) is 22.2 Å². The zero-order valence-electron chi connectivity index (χ0n) is 6.80. The summed E-state index contributed by atoms with van der Waals surface area (Å²) in [5.41, 5.74) is 7.87. The van der Waals surface area contributed by atoms with Crippen molar-refractivity contribution >= 4 is 20.2 Å². The van der Waals surface area contributed by atoms with Crippen LogP contribution in [0.2, 0.25) is 0 Å². The van der Waals surface area contributed by atoms with E-state index in [1.807, 2.05) is 12.1 Å². The first-order chi connectivity index (χ1) is 5.22. The van der Waals surface area contributed by atoms with Gasteiger partial charge in [0.1, 0.15) is 0 Å². The summed E-state index contributed by atoms with van der Waals surface area (Å²) in [5, 5.41) is 1.17. The standard InChI is InChI=1S/C9H14NP/c1-2-3-7-4-8(10)6-9(11)5-7/h4-6H,2-3,10-11H2,1H3. The lowest BCUT2D eigenvalue weighted by Crippen LogP contribution is -1.97. The summed E-state index contributed by atoms with van der Waals surface area (Å²) in [5.74, 6) is 0. The van der Waals surface area contributed by atoms with Gasteiger partial charge in [-0.15, -0.1) is 9.24 Å². The van der Waals surface area contributed by atoms with Crippen LogP contribution in [0, 0.1) is 0 Å². The van der Waals surface area contributed by atoms with Crippen molar-refractivity contribution in [2.45, 2.75) is 19.8 Å². The number of nitrogens with two attached hydrogens (primary N) is 1. The monoisotopic (exact) mass is 167 g/mol. The highest BCUT2D eigenvalue weighted by Crippen LogP contribution is 2.08. The van der Waals surface area contributed by atoms with Crippen LogP contribution in [-0.2, 0) is 6.42 Å². The Kier molecular flexibility index (Phi) is 2.90. The van der Waals surface area contributed by atoms with Gasteiger partial charge in [-0.2, -0.15) is 0 Å². The zero-order valence-corrected chi connectivity index (χ0v) is 7.96. The second-order valence-electron chi connectivity index (χ2n) is 2.76. The smallest absolute Gasteiger partial charge is 0.0322 e. The van der Waals surface area contributed by atoms with Gasteiger partial charge in [-0.25, -0.2) is 0 Å². The molecule has 0 aliphatic heterocycles. The van der Waals surface area contributed by atoms with Gasteiger partial charge in [0.05, 0.1) is 0 Å². The second-order valence-corrected chi connectivity index (χ2v) is 3.42. The molecule has 0 saturated heterocycles. The van der Waals surface area contributed by atoms with Gasteiger partial charge in [-0.1, -0.05) is 19.4 Å². The number of nitrogen functional groups attached to an aromatic ring is 1. The Morgan fingerprint density at radius 2 is 2.09 bits per heavy atom. The lowest BCUT2D eigenvalue weighted by molar-refractivity contribution is 0.923. The molecule has 0 spiro atoms. The molecule has 0 bridgehead atoms. The third-order valence-electron chi connectivity index (χ3n) is 1.58. The SMILES string of the molecule is CCCc1cc(N)cc(P)c1. The average Bonchev–Trinajstić information content (AvgIpc) is 1.85. The fourth-order valence-corrected chi connectivity index (χ4v) is 1.59. The predicted molar refractivity (Wildman–Crippen MR) is 54.2 cm³/mol. The lowest BCUT2D eigenvalue weighted by atomic mass is 10.1. The first kappa shape index (κ1) is 8.55. The summed E-state index contributed by atoms with van der Waals surface area (Å²) < 4.78 is 0. The highest BCUT2D eigenvalue weighted by Gasteiger charge is 1.93. The number of anilines is 1. The number of aryl methyl sites for hydroxylation is 1. The molecule has 1 aromatic rings. The van der Waals surface area contributed by atoms with Crippen molar-refractivity contribution < 1.29 is 0 Å². The number of hydrogen-bond donors (Lipinski definition) is 1. The van der Waals surface area contributed by atoms with Crippen molar-refractivity contribution in [3.63, 3.8) is 0 Å². The number of rotatable bonds is 2. The van der Waals surface area contributed by atoms with Crippen LogP contribution in [0.3, 0.4) is 0 Å². The predicted octanol–water partition coefficient (Wildman–Crippen LogP) is 1.72. The van der Waals surface area contributed by atoms with Gasteiger partial charge in [0.2, 0.25) is 0 Å². The van der Waals surface area contributed by atoms with E-state index < -0.39 is 0 Å². The van der Waals surface area contributed by atoms with E-state index in [4.69, 9.17) is 5.73 Å². The summed E-state index contributed by atoms with van der Waals surface area (Å²) >= 11 is 0. The molecule has 0 aliphatic carbocycles. The molecule has 1 atom stereocenters. The summed E-state index contributed by atoms with van der Waals surface area (Å²) in [4.78, 5) is 0. The van der Waals surface area contributed by atoms with Gasteiger partial charge < -0.3 is 5.73 Å². The molecule has 0 heterocycles. The number of benzene rings is 1. The Morgan fingerprint density at radius 1 is 1.36 bits per heavy atom. The molecule has 0 aromatic heterocycles. The maximum Gasteiger partial charge on any atom is 0.0322 e. The van der Waals surface area contributed by atoms with E-state index in [0.717, 1.165) is 12.1 Å². The largest absolute Gasteiger partial charge is 0.399 e. The molecule has 11 heavy (non-hydrogen) atoms. The van der Waals surface area contributed by atoms with Crippen LogP contribution in [0.1, 0.15) is 18.9 Å². The van der Waals surface area contributed by atoms with Crippen LogP contribution in [0.25, 0.3) is 0 Å². The summed E-state index contributed by atoms with van der Waals surface area (Å²) in [6.07, 6.45) is 2.29. The van der Waals surface area contributed by atoms with Gasteiger partial charge in [0.25, 0.3) is 0 Å². The Bertz CT molecular complexity index is 225. The van der Waals surface area contributed by atoms with Gasteiger partial charge in [0, 0.05) is 5.69 Å². The Balaban J connectivity index is 2.89. The third kappa shape index (κ3) is 2.51. The van der Waals surface area contributed by atoms with E-state index in [-0.39, 0.29) is 0 Å². The second kappa shape index (κ2) is 3.73. The van der Waals surface area contributed by atoms with Crippen molar-refractivity contribution in [1.29, 1.82) is 0 Å². The molecule has 0 fully saturated rings. The van der Waals surface area contributed by atoms with Crippen LogP contribution in [0.5, 0.6) is 0 Å². The van der Waals surface area contributed by atoms with Gasteiger partial charge in [-0.05, 0) is 29.4 Å². The maximum atomic E-state index is 5.68. The molecule has 0 radical (unpaired) electrons. The highest BCUT2D eigenvalue weighted by molar-refractivity contribution is 7.27. The highest BCUT2D eigenvalue weighted by atomic mass is 31.0. The average molecular weight is 167 g/mol. The molecular formula is C9H14NP. The van der Waals surface area contributed by atoms with Crippen LogP contribution < -0.4 is 11.0 Å². The minimum absolute atomic E-state index is 0.862. The van der Waals surface area contributed by atoms with Crippen LogP contribution in [0.4, 0.5) is 5.69 Å². The summed E-state index contributed by atoms with van der Waals surface area (Å²) in [7, 11) is 2.67. The van der Waals surface area contributed by atoms with E-state index in [1.54, 1.807) is 0 Å². The molecule has 2 heteroatoms. The lowest BCUT2D eigenvalue weighted by Gasteiger charge is -2.01. The molecule has 2 N–H and O–H groups in total. The molecule has 0 saturated carbocycles. The van der Waals surface area contributed by atoms with Crippen molar-refractivity contribution in [2.75, 3.05) is 5.73 Å². The zero-order chi connectivity index (χ0) is 8.27. The minimum atomic E-state index is 0.862. The maximum absolute atomic E-state index is 5.68. The fourth-order valence-electron chi connectivity index (χ4n) is 1.18. The molecule has 1 nitrogen and oxygen atoms in total. The van der Waals surface area contributed by atoms with Crippen molar-refractivity contribution in [3.05, 3.63) is 23.8 Å². The first-order valence-electron chi connectivity index (χ1n) is 3.87. The normalized spacial score (nSPS) is 10.0. The molecule has 0 aliphatic rings.